The van der Waals surface area contributed by atoms with Gasteiger partial charge in [0.25, 0.3) is 5.91 Å². The summed E-state index contributed by atoms with van der Waals surface area (Å²) >= 11 is 0. The van der Waals surface area contributed by atoms with E-state index in [0.29, 0.717) is 18.0 Å². The number of benzene rings is 2. The van der Waals surface area contributed by atoms with Crippen LogP contribution in [-0.4, -0.2) is 29.6 Å². The minimum Gasteiger partial charge on any atom is -0.454 e. The van der Waals surface area contributed by atoms with E-state index >= 15 is 0 Å². The van der Waals surface area contributed by atoms with Crippen LogP contribution in [0, 0.1) is 0 Å². The van der Waals surface area contributed by atoms with E-state index in [-0.39, 0.29) is 25.0 Å². The van der Waals surface area contributed by atoms with Crippen LogP contribution in [0.2, 0.25) is 0 Å². The standard InChI is InChI=1S/C20H17N3O4/c24-19-9-16(22-10-12-1-4-17-18(7-12)27-11-26-17)20(25)23(19)14-3-2-13-5-6-21-15(13)8-14/h1-8,16,21-22H,9-11H2/t16-/m1/s1. The van der Waals surface area contributed by atoms with Crippen molar-refractivity contribution in [2.24, 2.45) is 0 Å². The molecule has 7 heteroatoms. The largest absolute Gasteiger partial charge is 0.454 e. The average molecular weight is 363 g/mol. The summed E-state index contributed by atoms with van der Waals surface area (Å²) in [6, 6.07) is 12.6. The predicted molar refractivity (Wildman–Crippen MR) is 98.6 cm³/mol. The fourth-order valence-corrected chi connectivity index (χ4v) is 3.53. The maximum atomic E-state index is 12.8. The highest BCUT2D eigenvalue weighted by Crippen LogP contribution is 2.32. The first-order valence-corrected chi connectivity index (χ1v) is 8.75. The third-order valence-electron chi connectivity index (χ3n) is 4.93. The summed E-state index contributed by atoms with van der Waals surface area (Å²) in [6.45, 7) is 0.686. The van der Waals surface area contributed by atoms with Crippen molar-refractivity contribution >= 4 is 28.4 Å². The summed E-state index contributed by atoms with van der Waals surface area (Å²) < 4.78 is 10.7. The van der Waals surface area contributed by atoms with Gasteiger partial charge < -0.3 is 19.8 Å². The zero-order valence-electron chi connectivity index (χ0n) is 14.4. The molecule has 0 bridgehead atoms. The molecule has 0 unspecified atom stereocenters. The van der Waals surface area contributed by atoms with E-state index in [9.17, 15) is 9.59 Å². The number of fused-ring (bicyclic) bond motifs is 2. The van der Waals surface area contributed by atoms with E-state index < -0.39 is 6.04 Å². The zero-order chi connectivity index (χ0) is 18.4. The Kier molecular flexibility index (Phi) is 3.61. The van der Waals surface area contributed by atoms with Crippen molar-refractivity contribution in [2.45, 2.75) is 19.0 Å². The minimum absolute atomic E-state index is 0.145. The number of rotatable bonds is 4. The van der Waals surface area contributed by atoms with Gasteiger partial charge in [-0.05, 0) is 41.3 Å². The smallest absolute Gasteiger partial charge is 0.251 e. The molecule has 2 aromatic carbocycles. The highest BCUT2D eigenvalue weighted by Gasteiger charge is 2.39. The molecule has 2 aliphatic rings. The Bertz CT molecular complexity index is 1060. The Hall–Kier alpha value is -3.32. The second-order valence-corrected chi connectivity index (χ2v) is 6.64. The molecule has 7 nitrogen and oxygen atoms in total. The first kappa shape index (κ1) is 15.9. The number of anilines is 1. The van der Waals surface area contributed by atoms with E-state index in [1.54, 1.807) is 6.07 Å². The summed E-state index contributed by atoms with van der Waals surface area (Å²) in [5.41, 5.74) is 2.45. The number of ether oxygens (including phenoxy) is 2. The van der Waals surface area contributed by atoms with Gasteiger partial charge in [-0.15, -0.1) is 0 Å². The van der Waals surface area contributed by atoms with E-state index in [0.717, 1.165) is 22.2 Å². The van der Waals surface area contributed by atoms with Gasteiger partial charge in [-0.2, -0.15) is 0 Å². The van der Waals surface area contributed by atoms with Gasteiger partial charge in [0.1, 0.15) is 0 Å². The van der Waals surface area contributed by atoms with E-state index in [1.165, 1.54) is 4.90 Å². The van der Waals surface area contributed by atoms with Crippen LogP contribution in [0.4, 0.5) is 5.69 Å². The molecule has 5 rings (SSSR count). The van der Waals surface area contributed by atoms with Crippen LogP contribution in [0.1, 0.15) is 12.0 Å². The van der Waals surface area contributed by atoms with Gasteiger partial charge in [0.2, 0.25) is 12.7 Å². The van der Waals surface area contributed by atoms with Crippen LogP contribution in [0.15, 0.2) is 48.7 Å². The Labute approximate surface area is 154 Å². The lowest BCUT2D eigenvalue weighted by atomic mass is 10.1. The molecule has 3 heterocycles. The third-order valence-corrected chi connectivity index (χ3v) is 4.93. The quantitative estimate of drug-likeness (QED) is 0.695. The maximum Gasteiger partial charge on any atom is 0.251 e. The first-order chi connectivity index (χ1) is 13.2. The van der Waals surface area contributed by atoms with Crippen LogP contribution in [0.5, 0.6) is 11.5 Å². The van der Waals surface area contributed by atoms with E-state index in [1.807, 2.05) is 42.6 Å². The number of carbonyl (C=O) groups is 2. The van der Waals surface area contributed by atoms with Crippen molar-refractivity contribution in [1.29, 1.82) is 0 Å². The van der Waals surface area contributed by atoms with Crippen LogP contribution < -0.4 is 19.7 Å². The molecule has 2 N–H and O–H groups in total. The minimum atomic E-state index is -0.540. The number of hydrogen-bond acceptors (Lipinski definition) is 5. The highest BCUT2D eigenvalue weighted by atomic mass is 16.7. The fourth-order valence-electron chi connectivity index (χ4n) is 3.53. The van der Waals surface area contributed by atoms with Crippen molar-refractivity contribution in [2.75, 3.05) is 11.7 Å². The molecule has 2 amide bonds. The summed E-state index contributed by atoms with van der Waals surface area (Å²) in [4.78, 5) is 29.6. The molecule has 2 aliphatic heterocycles. The number of nitrogens with zero attached hydrogens (tertiary/aromatic N) is 1. The van der Waals surface area contributed by atoms with Gasteiger partial charge in [0, 0.05) is 18.3 Å². The molecule has 0 aliphatic carbocycles. The molecule has 3 aromatic rings. The molecule has 1 saturated heterocycles. The van der Waals surface area contributed by atoms with Crippen molar-refractivity contribution in [1.82, 2.24) is 10.3 Å². The maximum absolute atomic E-state index is 12.8. The van der Waals surface area contributed by atoms with Crippen molar-refractivity contribution in [3.05, 3.63) is 54.2 Å². The monoisotopic (exact) mass is 363 g/mol. The van der Waals surface area contributed by atoms with E-state index in [2.05, 4.69) is 10.3 Å². The predicted octanol–water partition coefficient (Wildman–Crippen LogP) is 2.32. The topological polar surface area (TPSA) is 83.7 Å². The molecule has 1 aromatic heterocycles. The molecular formula is C20H17N3O4. The number of aromatic nitrogens is 1. The second-order valence-electron chi connectivity index (χ2n) is 6.64. The van der Waals surface area contributed by atoms with E-state index in [4.69, 9.17) is 9.47 Å². The SMILES string of the molecule is O=C1C[C@@H](NCc2ccc3c(c2)OCO3)C(=O)N1c1ccc2cc[nH]c2c1. The molecule has 136 valence electrons. The molecule has 27 heavy (non-hydrogen) atoms. The fraction of sp³-hybridized carbons (Fsp3) is 0.200. The third kappa shape index (κ3) is 2.72. The molecule has 0 spiro atoms. The number of hydrogen-bond donors (Lipinski definition) is 2. The summed E-state index contributed by atoms with van der Waals surface area (Å²) in [5.74, 6) is 0.987. The zero-order valence-corrected chi connectivity index (χ0v) is 14.4. The Morgan fingerprint density at radius 3 is 2.89 bits per heavy atom. The summed E-state index contributed by atoms with van der Waals surface area (Å²) in [7, 11) is 0. The lowest BCUT2D eigenvalue weighted by Gasteiger charge is -2.16. The molecule has 0 saturated carbocycles. The van der Waals surface area contributed by atoms with Gasteiger partial charge in [-0.3, -0.25) is 9.59 Å². The van der Waals surface area contributed by atoms with Crippen LogP contribution in [0.25, 0.3) is 10.9 Å². The number of imide groups is 1. The normalized spacial score (nSPS) is 18.7. The highest BCUT2D eigenvalue weighted by molar-refractivity contribution is 6.22. The summed E-state index contributed by atoms with van der Waals surface area (Å²) in [5, 5.41) is 4.22. The van der Waals surface area contributed by atoms with Crippen LogP contribution in [0.3, 0.4) is 0 Å². The van der Waals surface area contributed by atoms with Gasteiger partial charge in [-0.25, -0.2) is 4.90 Å². The average Bonchev–Trinajstić information content (AvgIpc) is 3.38. The number of amides is 2. The number of H-pyrrole nitrogens is 1. The number of nitrogens with one attached hydrogen (secondary N) is 2. The van der Waals surface area contributed by atoms with Gasteiger partial charge in [0.15, 0.2) is 11.5 Å². The van der Waals surface area contributed by atoms with Gasteiger partial charge in [-0.1, -0.05) is 12.1 Å². The van der Waals surface area contributed by atoms with Gasteiger partial charge in [0.05, 0.1) is 18.2 Å². The summed E-state index contributed by atoms with van der Waals surface area (Å²) in [6.07, 6.45) is 1.98. The second kappa shape index (κ2) is 6.14. The van der Waals surface area contributed by atoms with Crippen molar-refractivity contribution in [3.8, 4) is 11.5 Å². The molecule has 1 atom stereocenters. The van der Waals surface area contributed by atoms with Crippen molar-refractivity contribution in [3.63, 3.8) is 0 Å². The van der Waals surface area contributed by atoms with Crippen LogP contribution in [-0.2, 0) is 16.1 Å². The lowest BCUT2D eigenvalue weighted by Crippen LogP contribution is -2.38. The number of aromatic amines is 1. The Balaban J connectivity index is 1.31. The Morgan fingerprint density at radius 2 is 1.96 bits per heavy atom. The van der Waals surface area contributed by atoms with Crippen molar-refractivity contribution < 1.29 is 19.1 Å². The number of carbonyl (C=O) groups excluding carboxylic acids is 2. The van der Waals surface area contributed by atoms with Crippen LogP contribution >= 0.6 is 0 Å². The molecular weight excluding hydrogens is 346 g/mol. The lowest BCUT2D eigenvalue weighted by molar-refractivity contribution is -0.121. The first-order valence-electron chi connectivity index (χ1n) is 8.75. The van der Waals surface area contributed by atoms with Gasteiger partial charge >= 0.3 is 0 Å². The molecule has 0 radical (unpaired) electrons. The Morgan fingerprint density at radius 1 is 1.07 bits per heavy atom. The molecule has 1 fully saturated rings.